The fraction of sp³-hybridized carbons (Fsp3) is 0.217. The number of nitrogens with one attached hydrogen (secondary N) is 2. The Labute approximate surface area is 177 Å². The van der Waals surface area contributed by atoms with E-state index < -0.39 is 0 Å². The first-order chi connectivity index (χ1) is 15.2. The van der Waals surface area contributed by atoms with Crippen LogP contribution in [0.25, 0.3) is 22.2 Å². The highest BCUT2D eigenvalue weighted by Crippen LogP contribution is 2.21. The Morgan fingerprint density at radius 3 is 2.94 bits per heavy atom. The fourth-order valence-corrected chi connectivity index (χ4v) is 3.96. The van der Waals surface area contributed by atoms with Gasteiger partial charge in [0.1, 0.15) is 6.04 Å². The summed E-state index contributed by atoms with van der Waals surface area (Å²) < 4.78 is 7.01. The molecule has 0 spiro atoms. The first-order valence-corrected chi connectivity index (χ1v) is 10.1. The Morgan fingerprint density at radius 2 is 2.06 bits per heavy atom. The number of aromatic nitrogens is 4. The smallest absolute Gasteiger partial charge is 0.267 e. The first-order valence-electron chi connectivity index (χ1n) is 10.1. The number of para-hydroxylation sites is 1. The molecule has 0 radical (unpaired) electrons. The monoisotopic (exact) mass is 415 g/mol. The molecule has 8 nitrogen and oxygen atoms in total. The molecule has 2 atom stereocenters. The normalized spacial score (nSPS) is 18.3. The third-order valence-electron chi connectivity index (χ3n) is 5.52. The number of pyridine rings is 1. The van der Waals surface area contributed by atoms with Gasteiger partial charge in [-0.2, -0.15) is 5.10 Å². The van der Waals surface area contributed by atoms with Crippen LogP contribution in [0.15, 0.2) is 71.9 Å². The topological polar surface area (TPSA) is 102 Å². The van der Waals surface area contributed by atoms with E-state index in [4.69, 9.17) is 4.74 Å². The second-order valence-corrected chi connectivity index (χ2v) is 7.56. The summed E-state index contributed by atoms with van der Waals surface area (Å²) >= 11 is 0. The van der Waals surface area contributed by atoms with Crippen molar-refractivity contribution in [2.45, 2.75) is 18.5 Å². The number of ether oxygens (including phenoxy) is 1. The molecule has 4 aromatic rings. The van der Waals surface area contributed by atoms with Crippen molar-refractivity contribution in [3.8, 4) is 11.3 Å². The number of aromatic amines is 1. The van der Waals surface area contributed by atoms with Crippen LogP contribution in [0.4, 0.5) is 0 Å². The zero-order valence-corrected chi connectivity index (χ0v) is 16.7. The van der Waals surface area contributed by atoms with Gasteiger partial charge in [0.15, 0.2) is 0 Å². The third kappa shape index (κ3) is 3.85. The molecule has 0 aliphatic carbocycles. The van der Waals surface area contributed by atoms with Gasteiger partial charge in [-0.3, -0.25) is 14.6 Å². The van der Waals surface area contributed by atoms with Crippen molar-refractivity contribution in [1.29, 1.82) is 0 Å². The van der Waals surface area contributed by atoms with Gasteiger partial charge < -0.3 is 15.0 Å². The molecule has 1 fully saturated rings. The summed E-state index contributed by atoms with van der Waals surface area (Å²) in [6.07, 6.45) is 5.48. The summed E-state index contributed by atoms with van der Waals surface area (Å²) in [5, 5.41) is 8.58. The highest BCUT2D eigenvalue weighted by Gasteiger charge is 2.32. The lowest BCUT2D eigenvalue weighted by atomic mass is 10.1. The summed E-state index contributed by atoms with van der Waals surface area (Å²) in [7, 11) is 0. The van der Waals surface area contributed by atoms with Gasteiger partial charge in [-0.25, -0.2) is 4.68 Å². The van der Waals surface area contributed by atoms with Crippen molar-refractivity contribution in [3.63, 3.8) is 0 Å². The van der Waals surface area contributed by atoms with Crippen LogP contribution in [-0.2, 0) is 16.0 Å². The maximum absolute atomic E-state index is 12.8. The Balaban J connectivity index is 1.35. The molecule has 1 amide bonds. The van der Waals surface area contributed by atoms with Gasteiger partial charge in [-0.1, -0.05) is 18.2 Å². The van der Waals surface area contributed by atoms with E-state index in [2.05, 4.69) is 20.4 Å². The van der Waals surface area contributed by atoms with Crippen molar-refractivity contribution in [3.05, 3.63) is 83.0 Å². The Bertz CT molecular complexity index is 1280. The second kappa shape index (κ2) is 8.16. The minimum atomic E-state index is -0.379. The largest absolute Gasteiger partial charge is 0.377 e. The molecule has 1 aliphatic heterocycles. The molecule has 0 saturated carbocycles. The number of rotatable bonds is 5. The zero-order valence-electron chi connectivity index (χ0n) is 16.7. The number of carbonyl (C=O) groups excluding carboxylic acids is 1. The average Bonchev–Trinajstić information content (AvgIpc) is 3.42. The van der Waals surface area contributed by atoms with Crippen LogP contribution in [0.1, 0.15) is 11.6 Å². The van der Waals surface area contributed by atoms with Gasteiger partial charge in [0.05, 0.1) is 31.4 Å². The number of fused-ring (bicyclic) bond motifs is 1. The van der Waals surface area contributed by atoms with Crippen LogP contribution >= 0.6 is 0 Å². The number of hydrogen-bond acceptors (Lipinski definition) is 5. The van der Waals surface area contributed by atoms with E-state index >= 15 is 0 Å². The Hall–Kier alpha value is -3.78. The molecule has 2 N–H and O–H groups in total. The van der Waals surface area contributed by atoms with Crippen molar-refractivity contribution in [1.82, 2.24) is 25.1 Å². The van der Waals surface area contributed by atoms with Crippen LogP contribution in [0.5, 0.6) is 0 Å². The summed E-state index contributed by atoms with van der Waals surface area (Å²) in [6.45, 7) is 0.636. The predicted molar refractivity (Wildman–Crippen MR) is 116 cm³/mol. The molecule has 3 aromatic heterocycles. The standard InChI is InChI=1S/C23H21N5O3/c29-22(10-16-12-25-19-6-2-1-5-17(16)19)26-20-13-31-14-21(20)28-23(30)8-7-18(27-28)15-4-3-9-24-11-15/h1-9,11-12,20-21,25H,10,13-14H2,(H,26,29). The van der Waals surface area contributed by atoms with E-state index in [0.29, 0.717) is 18.9 Å². The molecule has 4 heterocycles. The molecule has 0 bridgehead atoms. The Morgan fingerprint density at radius 1 is 1.16 bits per heavy atom. The van der Waals surface area contributed by atoms with Gasteiger partial charge in [-0.15, -0.1) is 0 Å². The number of nitrogens with zero attached hydrogens (tertiary/aromatic N) is 3. The van der Waals surface area contributed by atoms with Crippen molar-refractivity contribution >= 4 is 16.8 Å². The van der Waals surface area contributed by atoms with E-state index in [1.54, 1.807) is 18.5 Å². The first kappa shape index (κ1) is 19.2. The summed E-state index contributed by atoms with van der Waals surface area (Å²) in [4.78, 5) is 32.6. The fourth-order valence-electron chi connectivity index (χ4n) is 3.96. The van der Waals surface area contributed by atoms with Gasteiger partial charge in [0.2, 0.25) is 5.91 Å². The van der Waals surface area contributed by atoms with Crippen LogP contribution < -0.4 is 10.9 Å². The van der Waals surface area contributed by atoms with Crippen LogP contribution in [0, 0.1) is 0 Å². The van der Waals surface area contributed by atoms with E-state index in [9.17, 15) is 9.59 Å². The summed E-state index contributed by atoms with van der Waals surface area (Å²) in [5.41, 5.74) is 3.14. The highest BCUT2D eigenvalue weighted by atomic mass is 16.5. The Kier molecular flexibility index (Phi) is 5.05. The molecular formula is C23H21N5O3. The number of benzene rings is 1. The predicted octanol–water partition coefficient (Wildman–Crippen LogP) is 2.09. The van der Waals surface area contributed by atoms with Gasteiger partial charge >= 0.3 is 0 Å². The molecule has 1 aliphatic rings. The summed E-state index contributed by atoms with van der Waals surface area (Å²) in [6, 6.07) is 14.0. The van der Waals surface area contributed by atoms with Crippen molar-refractivity contribution in [2.75, 3.05) is 13.2 Å². The number of carbonyl (C=O) groups is 1. The maximum Gasteiger partial charge on any atom is 0.267 e. The van der Waals surface area contributed by atoms with E-state index in [-0.39, 0.29) is 30.0 Å². The molecule has 2 unspecified atom stereocenters. The molecule has 1 aromatic carbocycles. The quantitative estimate of drug-likeness (QED) is 0.520. The van der Waals surface area contributed by atoms with E-state index in [1.165, 1.54) is 10.7 Å². The highest BCUT2D eigenvalue weighted by molar-refractivity contribution is 5.88. The van der Waals surface area contributed by atoms with Gasteiger partial charge in [-0.05, 0) is 29.8 Å². The lowest BCUT2D eigenvalue weighted by Crippen LogP contribution is -2.44. The summed E-state index contributed by atoms with van der Waals surface area (Å²) in [5.74, 6) is -0.123. The SMILES string of the molecule is O=C(Cc1c[nH]c2ccccc12)NC1COCC1n1nc(-c2cccnc2)ccc1=O. The lowest BCUT2D eigenvalue weighted by Gasteiger charge is -2.20. The molecule has 8 heteroatoms. The van der Waals surface area contributed by atoms with Crippen LogP contribution in [0.3, 0.4) is 0 Å². The molecule has 156 valence electrons. The molecule has 31 heavy (non-hydrogen) atoms. The average molecular weight is 415 g/mol. The number of hydrogen-bond donors (Lipinski definition) is 2. The van der Waals surface area contributed by atoms with Crippen molar-refractivity contribution < 1.29 is 9.53 Å². The zero-order chi connectivity index (χ0) is 21.2. The van der Waals surface area contributed by atoms with Gasteiger partial charge in [0.25, 0.3) is 5.56 Å². The van der Waals surface area contributed by atoms with Crippen LogP contribution in [0.2, 0.25) is 0 Å². The number of amides is 1. The number of H-pyrrole nitrogens is 1. The van der Waals surface area contributed by atoms with Gasteiger partial charge in [0, 0.05) is 41.1 Å². The molecule has 5 rings (SSSR count). The minimum absolute atomic E-state index is 0.123. The molecular weight excluding hydrogens is 394 g/mol. The molecule has 1 saturated heterocycles. The third-order valence-corrected chi connectivity index (χ3v) is 5.52. The van der Waals surface area contributed by atoms with Crippen molar-refractivity contribution in [2.24, 2.45) is 0 Å². The lowest BCUT2D eigenvalue weighted by molar-refractivity contribution is -0.121. The second-order valence-electron chi connectivity index (χ2n) is 7.56. The minimum Gasteiger partial charge on any atom is -0.377 e. The van der Waals surface area contributed by atoms with E-state index in [1.807, 2.05) is 42.6 Å². The van der Waals surface area contributed by atoms with E-state index in [0.717, 1.165) is 22.0 Å². The maximum atomic E-state index is 12.8. The van der Waals surface area contributed by atoms with Crippen LogP contribution in [-0.4, -0.2) is 44.9 Å².